The maximum atomic E-state index is 13.4. The topological polar surface area (TPSA) is 56.4 Å². The lowest BCUT2D eigenvalue weighted by Crippen LogP contribution is -2.60. The first-order valence-corrected chi connectivity index (χ1v) is 10.3. The van der Waals surface area contributed by atoms with Gasteiger partial charge in [0.25, 0.3) is 0 Å². The van der Waals surface area contributed by atoms with Gasteiger partial charge in [-0.2, -0.15) is 0 Å². The van der Waals surface area contributed by atoms with E-state index in [4.69, 9.17) is 11.6 Å². The van der Waals surface area contributed by atoms with Gasteiger partial charge in [-0.1, -0.05) is 17.7 Å². The monoisotopic (exact) mass is 385 g/mol. The molecule has 27 heavy (non-hydrogen) atoms. The van der Waals surface area contributed by atoms with Crippen LogP contribution in [0.3, 0.4) is 0 Å². The van der Waals surface area contributed by atoms with Crippen LogP contribution >= 0.6 is 11.6 Å². The van der Waals surface area contributed by atoms with Crippen LogP contribution in [0.1, 0.15) is 44.2 Å². The lowest BCUT2D eigenvalue weighted by atomic mass is 9.85. The molecule has 1 amide bonds. The first kappa shape index (κ1) is 17.3. The number of benzene rings is 1. The zero-order valence-corrected chi connectivity index (χ0v) is 16.1. The summed E-state index contributed by atoms with van der Waals surface area (Å²) in [6.07, 6.45) is 6.25. The van der Waals surface area contributed by atoms with Crippen LogP contribution in [0, 0.1) is 0 Å². The normalized spacial score (nSPS) is 26.4. The number of hydrogen-bond acceptors (Lipinski definition) is 3. The molecule has 0 bridgehead atoms. The SMILES string of the molecule is O=C1N(C2CC2)CCCC12CCCN2Cc1cc(=O)c2cccc(Cl)c2[nH]1. The molecule has 1 aliphatic carbocycles. The average molecular weight is 386 g/mol. The maximum absolute atomic E-state index is 13.4. The number of likely N-dealkylation sites (tertiary alicyclic amines) is 2. The Labute approximate surface area is 163 Å². The third kappa shape index (κ3) is 2.79. The van der Waals surface area contributed by atoms with Crippen molar-refractivity contribution in [1.82, 2.24) is 14.8 Å². The lowest BCUT2D eigenvalue weighted by molar-refractivity contribution is -0.148. The molecule has 2 aromatic rings. The number of piperidine rings is 1. The van der Waals surface area contributed by atoms with E-state index in [1.807, 2.05) is 0 Å². The summed E-state index contributed by atoms with van der Waals surface area (Å²) in [4.78, 5) is 33.7. The fraction of sp³-hybridized carbons (Fsp3) is 0.524. The number of H-pyrrole nitrogens is 1. The van der Waals surface area contributed by atoms with Crippen LogP contribution in [0.5, 0.6) is 0 Å². The quantitative estimate of drug-likeness (QED) is 0.881. The number of nitrogens with one attached hydrogen (secondary N) is 1. The Morgan fingerprint density at radius 3 is 2.70 bits per heavy atom. The summed E-state index contributed by atoms with van der Waals surface area (Å²) in [7, 11) is 0. The predicted molar refractivity (Wildman–Crippen MR) is 106 cm³/mol. The Hall–Kier alpha value is -1.85. The van der Waals surface area contributed by atoms with Crippen LogP contribution in [-0.2, 0) is 11.3 Å². The summed E-state index contributed by atoms with van der Waals surface area (Å²) >= 11 is 6.30. The second kappa shape index (κ2) is 6.35. The van der Waals surface area contributed by atoms with Gasteiger partial charge >= 0.3 is 0 Å². The number of fused-ring (bicyclic) bond motifs is 1. The fourth-order valence-corrected chi connectivity index (χ4v) is 5.24. The number of hydrogen-bond donors (Lipinski definition) is 1. The van der Waals surface area contributed by atoms with Gasteiger partial charge in [-0.25, -0.2) is 0 Å². The van der Waals surface area contributed by atoms with Crippen molar-refractivity contribution in [3.8, 4) is 0 Å². The molecule has 5 rings (SSSR count). The van der Waals surface area contributed by atoms with Crippen LogP contribution in [0.2, 0.25) is 5.02 Å². The second-order valence-corrected chi connectivity index (χ2v) is 8.62. The van der Waals surface area contributed by atoms with Crippen LogP contribution in [-0.4, -0.2) is 45.4 Å². The van der Waals surface area contributed by atoms with E-state index in [2.05, 4.69) is 14.8 Å². The zero-order chi connectivity index (χ0) is 18.6. The Bertz CT molecular complexity index is 968. The number of para-hydroxylation sites is 1. The van der Waals surface area contributed by atoms with E-state index in [0.29, 0.717) is 34.4 Å². The lowest BCUT2D eigenvalue weighted by Gasteiger charge is -2.45. The molecule has 1 aromatic heterocycles. The van der Waals surface area contributed by atoms with Crippen LogP contribution in [0.15, 0.2) is 29.1 Å². The van der Waals surface area contributed by atoms with E-state index in [9.17, 15) is 9.59 Å². The number of rotatable bonds is 3. The van der Waals surface area contributed by atoms with Gasteiger partial charge in [0.1, 0.15) is 5.54 Å². The molecule has 1 atom stereocenters. The van der Waals surface area contributed by atoms with Gasteiger partial charge in [0.15, 0.2) is 5.43 Å². The first-order valence-electron chi connectivity index (χ1n) is 9.95. The van der Waals surface area contributed by atoms with E-state index in [0.717, 1.165) is 57.3 Å². The molecule has 142 valence electrons. The molecular weight excluding hydrogens is 362 g/mol. The third-order valence-corrected chi connectivity index (χ3v) is 6.81. The van der Waals surface area contributed by atoms with Crippen molar-refractivity contribution in [2.45, 2.75) is 56.7 Å². The number of aromatic amines is 1. The standard InChI is InChI=1S/C21H24ClN3O2/c22-17-5-1-4-16-18(26)12-14(23-19(16)17)13-24-10-2-8-21(24)9-3-11-25(20(21)27)15-6-7-15/h1,4-5,12,15H,2-3,6-11,13H2,(H,23,26). The molecule has 1 saturated carbocycles. The smallest absolute Gasteiger partial charge is 0.243 e. The molecular formula is C21H24ClN3O2. The maximum Gasteiger partial charge on any atom is 0.243 e. The van der Waals surface area contributed by atoms with E-state index >= 15 is 0 Å². The number of halogens is 1. The van der Waals surface area contributed by atoms with Gasteiger partial charge in [0.2, 0.25) is 5.91 Å². The van der Waals surface area contributed by atoms with Crippen molar-refractivity contribution in [3.63, 3.8) is 0 Å². The van der Waals surface area contributed by atoms with Gasteiger partial charge in [0, 0.05) is 36.3 Å². The molecule has 6 heteroatoms. The Balaban J connectivity index is 1.48. The molecule has 1 unspecified atom stereocenters. The van der Waals surface area contributed by atoms with Crippen molar-refractivity contribution in [2.75, 3.05) is 13.1 Å². The number of aromatic nitrogens is 1. The van der Waals surface area contributed by atoms with Crippen molar-refractivity contribution < 1.29 is 4.79 Å². The predicted octanol–water partition coefficient (Wildman–Crippen LogP) is 3.30. The molecule has 1 spiro atoms. The molecule has 3 fully saturated rings. The minimum Gasteiger partial charge on any atom is -0.356 e. The number of nitrogens with zero attached hydrogens (tertiary/aromatic N) is 2. The largest absolute Gasteiger partial charge is 0.356 e. The van der Waals surface area contributed by atoms with E-state index in [1.54, 1.807) is 24.3 Å². The first-order chi connectivity index (χ1) is 13.1. The van der Waals surface area contributed by atoms with Gasteiger partial charge < -0.3 is 9.88 Å². The van der Waals surface area contributed by atoms with E-state index in [1.165, 1.54) is 0 Å². The molecule has 1 N–H and O–H groups in total. The number of carbonyl (C=O) groups excluding carboxylic acids is 1. The van der Waals surface area contributed by atoms with E-state index < -0.39 is 0 Å². The summed E-state index contributed by atoms with van der Waals surface area (Å²) in [6.45, 7) is 2.38. The third-order valence-electron chi connectivity index (χ3n) is 6.49. The number of pyridine rings is 1. The minimum absolute atomic E-state index is 0.0240. The zero-order valence-electron chi connectivity index (χ0n) is 15.3. The van der Waals surface area contributed by atoms with E-state index in [-0.39, 0.29) is 11.0 Å². The summed E-state index contributed by atoms with van der Waals surface area (Å²) in [5.41, 5.74) is 1.11. The van der Waals surface area contributed by atoms with Gasteiger partial charge in [-0.15, -0.1) is 0 Å². The molecule has 2 aliphatic heterocycles. The number of carbonyl (C=O) groups is 1. The summed E-state index contributed by atoms with van der Waals surface area (Å²) in [5.74, 6) is 0.315. The second-order valence-electron chi connectivity index (χ2n) is 8.21. The minimum atomic E-state index is -0.382. The number of amides is 1. The highest BCUT2D eigenvalue weighted by Crippen LogP contribution is 2.42. The fourth-order valence-electron chi connectivity index (χ4n) is 5.02. The molecule has 0 radical (unpaired) electrons. The molecule has 1 aromatic carbocycles. The van der Waals surface area contributed by atoms with Crippen LogP contribution in [0.25, 0.3) is 10.9 Å². The summed E-state index contributed by atoms with van der Waals surface area (Å²) in [6, 6.07) is 7.51. The molecule has 3 aliphatic rings. The summed E-state index contributed by atoms with van der Waals surface area (Å²) in [5, 5.41) is 1.16. The van der Waals surface area contributed by atoms with Crippen molar-refractivity contribution in [3.05, 3.63) is 45.2 Å². The highest BCUT2D eigenvalue weighted by atomic mass is 35.5. The van der Waals surface area contributed by atoms with Gasteiger partial charge in [0.05, 0.1) is 10.5 Å². The molecule has 2 saturated heterocycles. The van der Waals surface area contributed by atoms with Crippen molar-refractivity contribution in [2.24, 2.45) is 0 Å². The Morgan fingerprint density at radius 1 is 1.15 bits per heavy atom. The highest BCUT2D eigenvalue weighted by molar-refractivity contribution is 6.35. The van der Waals surface area contributed by atoms with Gasteiger partial charge in [-0.3, -0.25) is 14.5 Å². The van der Waals surface area contributed by atoms with Gasteiger partial charge in [-0.05, 0) is 57.2 Å². The Kier molecular flexibility index (Phi) is 4.06. The van der Waals surface area contributed by atoms with Crippen LogP contribution < -0.4 is 5.43 Å². The van der Waals surface area contributed by atoms with Crippen LogP contribution in [0.4, 0.5) is 0 Å². The average Bonchev–Trinajstić information content (AvgIpc) is 3.42. The van der Waals surface area contributed by atoms with Crippen molar-refractivity contribution in [1.29, 1.82) is 0 Å². The molecule has 3 heterocycles. The highest BCUT2D eigenvalue weighted by Gasteiger charge is 2.53. The summed E-state index contributed by atoms with van der Waals surface area (Å²) < 4.78 is 0. The Morgan fingerprint density at radius 2 is 1.93 bits per heavy atom. The van der Waals surface area contributed by atoms with Crippen molar-refractivity contribution >= 4 is 28.4 Å². The molecule has 5 nitrogen and oxygen atoms in total.